The first-order valence-electron chi connectivity index (χ1n) is 5.66. The summed E-state index contributed by atoms with van der Waals surface area (Å²) in [4.78, 5) is 0. The summed E-state index contributed by atoms with van der Waals surface area (Å²) in [6, 6.07) is 0. The Kier molecular flexibility index (Phi) is 1.99. The van der Waals surface area contributed by atoms with Gasteiger partial charge < -0.3 is 4.74 Å². The second-order valence-electron chi connectivity index (χ2n) is 5.61. The van der Waals surface area contributed by atoms with Gasteiger partial charge in [-0.2, -0.15) is 0 Å². The van der Waals surface area contributed by atoms with E-state index in [4.69, 9.17) is 4.74 Å². The Labute approximate surface area is 81.9 Å². The summed E-state index contributed by atoms with van der Waals surface area (Å²) >= 11 is 0. The third kappa shape index (κ3) is 1.32. The van der Waals surface area contributed by atoms with Crippen LogP contribution in [0, 0.1) is 11.8 Å². The van der Waals surface area contributed by atoms with Crippen molar-refractivity contribution in [2.45, 2.75) is 64.6 Å². The van der Waals surface area contributed by atoms with Crippen LogP contribution in [0.1, 0.15) is 53.4 Å². The molecule has 2 fully saturated rings. The van der Waals surface area contributed by atoms with Crippen LogP contribution in [-0.2, 0) is 4.74 Å². The van der Waals surface area contributed by atoms with Gasteiger partial charge in [-0.3, -0.25) is 0 Å². The molecule has 0 bridgehead atoms. The maximum absolute atomic E-state index is 6.32. The molecular formula is C12H22O. The van der Waals surface area contributed by atoms with Crippen molar-refractivity contribution >= 4 is 0 Å². The summed E-state index contributed by atoms with van der Waals surface area (Å²) in [6.07, 6.45) is 5.22. The highest BCUT2D eigenvalue weighted by molar-refractivity contribution is 4.99. The number of rotatable bonds is 2. The van der Waals surface area contributed by atoms with Gasteiger partial charge in [0.2, 0.25) is 0 Å². The van der Waals surface area contributed by atoms with Crippen molar-refractivity contribution in [1.29, 1.82) is 0 Å². The van der Waals surface area contributed by atoms with E-state index in [0.717, 1.165) is 11.8 Å². The fourth-order valence-electron chi connectivity index (χ4n) is 2.51. The zero-order chi connectivity index (χ0) is 9.69. The van der Waals surface area contributed by atoms with E-state index < -0.39 is 0 Å². The number of hydrogen-bond acceptors (Lipinski definition) is 1. The maximum Gasteiger partial charge on any atom is 0.0687 e. The Morgan fingerprint density at radius 1 is 0.923 bits per heavy atom. The van der Waals surface area contributed by atoms with Gasteiger partial charge in [-0.1, -0.05) is 13.8 Å². The van der Waals surface area contributed by atoms with Crippen LogP contribution >= 0.6 is 0 Å². The maximum atomic E-state index is 6.32. The van der Waals surface area contributed by atoms with Gasteiger partial charge >= 0.3 is 0 Å². The lowest BCUT2D eigenvalue weighted by atomic mass is 9.67. The van der Waals surface area contributed by atoms with Crippen molar-refractivity contribution in [3.63, 3.8) is 0 Å². The average Bonchev–Trinajstić information content (AvgIpc) is 2.12. The average molecular weight is 182 g/mol. The molecule has 0 aliphatic heterocycles. The Bertz CT molecular complexity index is 191. The van der Waals surface area contributed by atoms with Crippen molar-refractivity contribution < 1.29 is 4.74 Å². The van der Waals surface area contributed by atoms with Crippen molar-refractivity contribution in [2.24, 2.45) is 11.8 Å². The first kappa shape index (κ1) is 9.51. The van der Waals surface area contributed by atoms with Gasteiger partial charge in [0.05, 0.1) is 11.2 Å². The van der Waals surface area contributed by atoms with E-state index in [-0.39, 0.29) is 11.2 Å². The molecule has 0 radical (unpaired) electrons. The summed E-state index contributed by atoms with van der Waals surface area (Å²) in [5.41, 5.74) is 0.396. The highest BCUT2D eigenvalue weighted by atomic mass is 16.5. The first-order valence-corrected chi connectivity index (χ1v) is 5.66. The molecule has 2 aliphatic carbocycles. The standard InChI is InChI=1S/C12H22O/c1-9-5-7-11(9,3)13-12(4)8-6-10(12)2/h9-10H,5-8H2,1-4H3. The van der Waals surface area contributed by atoms with Crippen LogP contribution in [0.3, 0.4) is 0 Å². The van der Waals surface area contributed by atoms with Gasteiger partial charge in [0, 0.05) is 0 Å². The van der Waals surface area contributed by atoms with Crippen molar-refractivity contribution in [2.75, 3.05) is 0 Å². The molecule has 0 saturated heterocycles. The molecule has 0 heterocycles. The zero-order valence-corrected chi connectivity index (χ0v) is 9.39. The van der Waals surface area contributed by atoms with E-state index in [9.17, 15) is 0 Å². The third-order valence-electron chi connectivity index (χ3n) is 4.70. The van der Waals surface area contributed by atoms with Crippen molar-refractivity contribution in [3.05, 3.63) is 0 Å². The minimum atomic E-state index is 0.198. The third-order valence-corrected chi connectivity index (χ3v) is 4.70. The van der Waals surface area contributed by atoms with E-state index in [1.165, 1.54) is 25.7 Å². The zero-order valence-electron chi connectivity index (χ0n) is 9.39. The topological polar surface area (TPSA) is 9.23 Å². The van der Waals surface area contributed by atoms with Crippen LogP contribution in [0.4, 0.5) is 0 Å². The fraction of sp³-hybridized carbons (Fsp3) is 1.00. The quantitative estimate of drug-likeness (QED) is 0.636. The first-order chi connectivity index (χ1) is 5.96. The fourth-order valence-corrected chi connectivity index (χ4v) is 2.51. The molecule has 2 aliphatic rings. The minimum Gasteiger partial charge on any atom is -0.369 e. The molecule has 2 saturated carbocycles. The molecule has 0 aromatic carbocycles. The molecule has 13 heavy (non-hydrogen) atoms. The van der Waals surface area contributed by atoms with Gasteiger partial charge in [0.15, 0.2) is 0 Å². The largest absolute Gasteiger partial charge is 0.369 e. The molecule has 76 valence electrons. The highest BCUT2D eigenvalue weighted by Crippen LogP contribution is 2.50. The molecule has 4 atom stereocenters. The lowest BCUT2D eigenvalue weighted by Gasteiger charge is -2.55. The van der Waals surface area contributed by atoms with E-state index in [0.29, 0.717) is 0 Å². The lowest BCUT2D eigenvalue weighted by Crippen LogP contribution is -2.56. The molecule has 0 spiro atoms. The summed E-state index contributed by atoms with van der Waals surface area (Å²) in [6.45, 7) is 9.21. The molecule has 2 rings (SSSR count). The smallest absolute Gasteiger partial charge is 0.0687 e. The van der Waals surface area contributed by atoms with Crippen LogP contribution in [0.5, 0.6) is 0 Å². The van der Waals surface area contributed by atoms with E-state index >= 15 is 0 Å². The highest BCUT2D eigenvalue weighted by Gasteiger charge is 2.50. The Balaban J connectivity index is 1.97. The van der Waals surface area contributed by atoms with Crippen LogP contribution in [0.2, 0.25) is 0 Å². The summed E-state index contributed by atoms with van der Waals surface area (Å²) < 4.78 is 6.32. The molecule has 1 heteroatoms. The van der Waals surface area contributed by atoms with E-state index in [1.807, 2.05) is 0 Å². The molecular weight excluding hydrogens is 160 g/mol. The second kappa shape index (κ2) is 2.73. The van der Waals surface area contributed by atoms with Crippen molar-refractivity contribution in [1.82, 2.24) is 0 Å². The second-order valence-corrected chi connectivity index (χ2v) is 5.61. The van der Waals surface area contributed by atoms with Crippen LogP contribution < -0.4 is 0 Å². The van der Waals surface area contributed by atoms with Gasteiger partial charge in [-0.25, -0.2) is 0 Å². The van der Waals surface area contributed by atoms with Crippen LogP contribution in [-0.4, -0.2) is 11.2 Å². The van der Waals surface area contributed by atoms with E-state index in [2.05, 4.69) is 27.7 Å². The summed E-state index contributed by atoms with van der Waals surface area (Å²) in [7, 11) is 0. The number of hydrogen-bond donors (Lipinski definition) is 0. The minimum absolute atomic E-state index is 0.198. The Morgan fingerprint density at radius 2 is 1.31 bits per heavy atom. The summed E-state index contributed by atoms with van der Waals surface area (Å²) in [5, 5.41) is 0. The number of ether oxygens (including phenoxy) is 1. The van der Waals surface area contributed by atoms with Gasteiger partial charge in [-0.05, 0) is 51.4 Å². The molecule has 1 nitrogen and oxygen atoms in total. The lowest BCUT2D eigenvalue weighted by molar-refractivity contribution is -0.247. The van der Waals surface area contributed by atoms with E-state index in [1.54, 1.807) is 0 Å². The predicted octanol–water partition coefficient (Wildman–Crippen LogP) is 3.38. The van der Waals surface area contributed by atoms with Crippen LogP contribution in [0.25, 0.3) is 0 Å². The predicted molar refractivity (Wildman–Crippen MR) is 54.7 cm³/mol. The molecule has 0 N–H and O–H groups in total. The van der Waals surface area contributed by atoms with Gasteiger partial charge in [-0.15, -0.1) is 0 Å². The molecule has 4 unspecified atom stereocenters. The van der Waals surface area contributed by atoms with Crippen molar-refractivity contribution in [3.8, 4) is 0 Å². The van der Waals surface area contributed by atoms with Crippen LogP contribution in [0.15, 0.2) is 0 Å². The Morgan fingerprint density at radius 3 is 1.46 bits per heavy atom. The monoisotopic (exact) mass is 182 g/mol. The molecule has 0 aromatic heterocycles. The Hall–Kier alpha value is -0.0400. The van der Waals surface area contributed by atoms with Gasteiger partial charge in [0.1, 0.15) is 0 Å². The summed E-state index contributed by atoms with van der Waals surface area (Å²) in [5.74, 6) is 1.52. The SMILES string of the molecule is CC1CCC1(C)OC1(C)CCC1C. The van der Waals surface area contributed by atoms with Gasteiger partial charge in [0.25, 0.3) is 0 Å². The molecule has 0 aromatic rings. The molecule has 0 amide bonds. The normalized spacial score (nSPS) is 55.4.